The predicted octanol–water partition coefficient (Wildman–Crippen LogP) is 2.49. The van der Waals surface area contributed by atoms with E-state index in [1.54, 1.807) is 24.3 Å². The lowest BCUT2D eigenvalue weighted by Gasteiger charge is -2.00. The summed E-state index contributed by atoms with van der Waals surface area (Å²) < 4.78 is 0. The molecule has 3 heteroatoms. The van der Waals surface area contributed by atoms with Crippen LogP contribution in [0.15, 0.2) is 42.6 Å². The van der Waals surface area contributed by atoms with Crippen LogP contribution < -0.4 is 0 Å². The van der Waals surface area contributed by atoms with Crippen molar-refractivity contribution in [2.75, 3.05) is 0 Å². The van der Waals surface area contributed by atoms with Gasteiger partial charge in [-0.15, -0.1) is 0 Å². The van der Waals surface area contributed by atoms with Gasteiger partial charge in [-0.2, -0.15) is 10.5 Å². The average Bonchev–Trinajstić information content (AvgIpc) is 2.39. The van der Waals surface area contributed by atoms with Crippen LogP contribution >= 0.6 is 0 Å². The molecule has 74 valence electrons. The minimum absolute atomic E-state index is 0.539. The van der Waals surface area contributed by atoms with Crippen LogP contribution in [0.4, 0.5) is 0 Å². The van der Waals surface area contributed by atoms with Crippen molar-refractivity contribution in [3.63, 3.8) is 0 Å². The molecular weight excluding hydrogens is 198 g/mol. The van der Waals surface area contributed by atoms with Gasteiger partial charge < -0.3 is 0 Å². The van der Waals surface area contributed by atoms with Crippen LogP contribution in [0.1, 0.15) is 11.1 Å². The molecule has 0 amide bonds. The Morgan fingerprint density at radius 3 is 1.94 bits per heavy atom. The van der Waals surface area contributed by atoms with E-state index in [1.165, 1.54) is 6.20 Å². The lowest BCUT2D eigenvalue weighted by atomic mass is 10.1. The highest BCUT2D eigenvalue weighted by molar-refractivity contribution is 5.60. The van der Waals surface area contributed by atoms with Gasteiger partial charge in [0, 0.05) is 11.8 Å². The second kappa shape index (κ2) is 4.25. The predicted molar refractivity (Wildman–Crippen MR) is 59.1 cm³/mol. The minimum Gasteiger partial charge on any atom is -0.255 e. The van der Waals surface area contributed by atoms with E-state index in [4.69, 9.17) is 10.5 Å². The van der Waals surface area contributed by atoms with Gasteiger partial charge in [0.25, 0.3) is 0 Å². The van der Waals surface area contributed by atoms with E-state index < -0.39 is 0 Å². The Kier molecular flexibility index (Phi) is 2.63. The molecule has 1 aromatic heterocycles. The standard InChI is InChI=1S/C13H7N3/c14-7-10-1-4-12(5-2-10)13-6-3-11(8-15)9-16-13/h1-6,9H. The van der Waals surface area contributed by atoms with Crippen LogP contribution in [-0.4, -0.2) is 4.98 Å². The molecule has 1 heterocycles. The van der Waals surface area contributed by atoms with Gasteiger partial charge in [-0.05, 0) is 24.3 Å². The molecule has 0 unspecified atom stereocenters. The number of aromatic nitrogens is 1. The molecule has 0 atom stereocenters. The Morgan fingerprint density at radius 1 is 0.812 bits per heavy atom. The highest BCUT2D eigenvalue weighted by Crippen LogP contribution is 2.17. The van der Waals surface area contributed by atoms with Crippen molar-refractivity contribution in [2.24, 2.45) is 0 Å². The zero-order valence-corrected chi connectivity index (χ0v) is 8.38. The normalized spacial score (nSPS) is 9.12. The summed E-state index contributed by atoms with van der Waals surface area (Å²) in [6.45, 7) is 0. The number of nitrogens with zero attached hydrogens (tertiary/aromatic N) is 3. The first kappa shape index (κ1) is 9.89. The quantitative estimate of drug-likeness (QED) is 0.718. The molecule has 3 nitrogen and oxygen atoms in total. The zero-order valence-electron chi connectivity index (χ0n) is 8.38. The minimum atomic E-state index is 0.539. The van der Waals surface area contributed by atoms with Gasteiger partial charge in [0.15, 0.2) is 0 Å². The van der Waals surface area contributed by atoms with E-state index >= 15 is 0 Å². The second-order valence-electron chi connectivity index (χ2n) is 3.23. The summed E-state index contributed by atoms with van der Waals surface area (Å²) in [5, 5.41) is 17.3. The summed E-state index contributed by atoms with van der Waals surface area (Å²) >= 11 is 0. The van der Waals surface area contributed by atoms with Crippen LogP contribution in [0.2, 0.25) is 0 Å². The van der Waals surface area contributed by atoms with Gasteiger partial charge in [-0.1, -0.05) is 12.1 Å². The molecule has 0 bridgehead atoms. The van der Waals surface area contributed by atoms with Crippen molar-refractivity contribution in [3.8, 4) is 23.4 Å². The van der Waals surface area contributed by atoms with E-state index in [2.05, 4.69) is 11.1 Å². The van der Waals surface area contributed by atoms with Crippen molar-refractivity contribution < 1.29 is 0 Å². The molecule has 0 saturated carbocycles. The number of benzene rings is 1. The van der Waals surface area contributed by atoms with Gasteiger partial charge in [-0.25, -0.2) is 0 Å². The second-order valence-corrected chi connectivity index (χ2v) is 3.23. The highest BCUT2D eigenvalue weighted by atomic mass is 14.7. The molecule has 0 spiro atoms. The van der Waals surface area contributed by atoms with Gasteiger partial charge >= 0.3 is 0 Å². The third kappa shape index (κ3) is 1.89. The summed E-state index contributed by atoms with van der Waals surface area (Å²) in [7, 11) is 0. The fourth-order valence-corrected chi connectivity index (χ4v) is 1.35. The van der Waals surface area contributed by atoms with Gasteiger partial charge in [-0.3, -0.25) is 4.98 Å². The van der Waals surface area contributed by atoms with Crippen LogP contribution in [0, 0.1) is 22.7 Å². The Hall–Kier alpha value is -2.65. The molecule has 1 aromatic carbocycles. The molecule has 16 heavy (non-hydrogen) atoms. The first-order chi connectivity index (χ1) is 7.83. The summed E-state index contributed by atoms with van der Waals surface area (Å²) in [4.78, 5) is 4.17. The number of hydrogen-bond donors (Lipinski definition) is 0. The van der Waals surface area contributed by atoms with Crippen LogP contribution in [0.5, 0.6) is 0 Å². The van der Waals surface area contributed by atoms with Crippen molar-refractivity contribution in [2.45, 2.75) is 0 Å². The average molecular weight is 205 g/mol. The monoisotopic (exact) mass is 205 g/mol. The molecule has 0 aliphatic carbocycles. The first-order valence-electron chi connectivity index (χ1n) is 4.70. The molecule has 0 aliphatic rings. The van der Waals surface area contributed by atoms with Crippen molar-refractivity contribution in [3.05, 3.63) is 53.7 Å². The maximum atomic E-state index is 8.67. The van der Waals surface area contributed by atoms with E-state index in [-0.39, 0.29) is 0 Å². The maximum absolute atomic E-state index is 8.67. The Morgan fingerprint density at radius 2 is 1.44 bits per heavy atom. The van der Waals surface area contributed by atoms with E-state index in [9.17, 15) is 0 Å². The van der Waals surface area contributed by atoms with Crippen LogP contribution in [0.25, 0.3) is 11.3 Å². The lowest BCUT2D eigenvalue weighted by Crippen LogP contribution is -1.84. The Labute approximate surface area is 93.2 Å². The van der Waals surface area contributed by atoms with Crippen molar-refractivity contribution >= 4 is 0 Å². The topological polar surface area (TPSA) is 60.5 Å². The third-order valence-corrected chi connectivity index (χ3v) is 2.20. The van der Waals surface area contributed by atoms with Crippen LogP contribution in [-0.2, 0) is 0 Å². The van der Waals surface area contributed by atoms with E-state index in [1.807, 2.05) is 18.2 Å². The first-order valence-corrected chi connectivity index (χ1v) is 4.70. The number of pyridine rings is 1. The summed E-state index contributed by atoms with van der Waals surface area (Å²) in [5.41, 5.74) is 2.89. The highest BCUT2D eigenvalue weighted by Gasteiger charge is 1.99. The number of nitriles is 2. The third-order valence-electron chi connectivity index (χ3n) is 2.20. The largest absolute Gasteiger partial charge is 0.255 e. The van der Waals surface area contributed by atoms with Gasteiger partial charge in [0.1, 0.15) is 6.07 Å². The van der Waals surface area contributed by atoms with Crippen molar-refractivity contribution in [1.29, 1.82) is 10.5 Å². The van der Waals surface area contributed by atoms with E-state index in [0.717, 1.165) is 11.3 Å². The smallest absolute Gasteiger partial charge is 0.101 e. The summed E-state index contributed by atoms with van der Waals surface area (Å²) in [5.74, 6) is 0. The molecule has 2 aromatic rings. The molecule has 2 rings (SSSR count). The van der Waals surface area contributed by atoms with Crippen molar-refractivity contribution in [1.82, 2.24) is 4.98 Å². The number of rotatable bonds is 1. The fourth-order valence-electron chi connectivity index (χ4n) is 1.35. The molecule has 0 radical (unpaired) electrons. The van der Waals surface area contributed by atoms with Crippen LogP contribution in [0.3, 0.4) is 0 Å². The summed E-state index contributed by atoms with van der Waals surface area (Å²) in [6, 6.07) is 14.8. The maximum Gasteiger partial charge on any atom is 0.101 e. The van der Waals surface area contributed by atoms with Gasteiger partial charge in [0.05, 0.1) is 22.9 Å². The Balaban J connectivity index is 2.36. The molecular formula is C13H7N3. The fraction of sp³-hybridized carbons (Fsp3) is 0. The molecule has 0 N–H and O–H groups in total. The SMILES string of the molecule is N#Cc1ccc(-c2ccc(C#N)cn2)cc1. The molecule has 0 fully saturated rings. The molecule has 0 saturated heterocycles. The summed E-state index contributed by atoms with van der Waals surface area (Å²) in [6.07, 6.45) is 1.54. The number of hydrogen-bond acceptors (Lipinski definition) is 3. The van der Waals surface area contributed by atoms with Gasteiger partial charge in [0.2, 0.25) is 0 Å². The molecule has 0 aliphatic heterocycles. The Bertz CT molecular complexity index is 513. The zero-order chi connectivity index (χ0) is 11.4. The van der Waals surface area contributed by atoms with E-state index in [0.29, 0.717) is 11.1 Å². The lowest BCUT2D eigenvalue weighted by molar-refractivity contribution is 1.30.